The number of carbonyl (C=O) groups is 1. The third-order valence-electron chi connectivity index (χ3n) is 4.92. The van der Waals surface area contributed by atoms with Crippen molar-refractivity contribution < 1.29 is 4.79 Å². The first-order valence-corrected chi connectivity index (χ1v) is 9.23. The van der Waals surface area contributed by atoms with Gasteiger partial charge in [-0.2, -0.15) is 0 Å². The molecule has 0 aliphatic rings. The molecule has 4 rings (SSSR count). The number of nitrogens with one attached hydrogen (secondary N) is 1. The summed E-state index contributed by atoms with van der Waals surface area (Å²) in [5.74, 6) is 0.895. The Morgan fingerprint density at radius 2 is 1.81 bits per heavy atom. The van der Waals surface area contributed by atoms with Gasteiger partial charge in [-0.3, -0.25) is 4.79 Å². The lowest BCUT2D eigenvalue weighted by Crippen LogP contribution is -2.03. The molecule has 0 radical (unpaired) electrons. The number of Topliss-reactive ketones (excluding diaryl/α,β-unsaturated/α-hetero) is 1. The third-order valence-corrected chi connectivity index (χ3v) is 5.17. The highest BCUT2D eigenvalue weighted by atomic mass is 35.5. The molecule has 0 atom stereocenters. The fourth-order valence-corrected chi connectivity index (χ4v) is 3.83. The first-order chi connectivity index (χ1) is 13.0. The van der Waals surface area contributed by atoms with Gasteiger partial charge >= 0.3 is 0 Å². The molecule has 2 aromatic carbocycles. The molecule has 0 aliphatic carbocycles. The third kappa shape index (κ3) is 3.06. The maximum absolute atomic E-state index is 12.1. The van der Waals surface area contributed by atoms with Gasteiger partial charge in [-0.05, 0) is 56.2 Å². The highest BCUT2D eigenvalue weighted by Gasteiger charge is 2.21. The first kappa shape index (κ1) is 17.6. The Morgan fingerprint density at radius 1 is 1.11 bits per heavy atom. The number of nitrogens with zero attached hydrogens (tertiary/aromatic N) is 2. The summed E-state index contributed by atoms with van der Waals surface area (Å²) in [5, 5.41) is 0.719. The van der Waals surface area contributed by atoms with Gasteiger partial charge in [-0.15, -0.1) is 0 Å². The van der Waals surface area contributed by atoms with E-state index in [1.165, 1.54) is 0 Å². The molecule has 0 saturated carbocycles. The molecule has 2 heterocycles. The molecule has 4 nitrogen and oxygen atoms in total. The highest BCUT2D eigenvalue weighted by molar-refractivity contribution is 6.30. The number of aromatic amines is 1. The van der Waals surface area contributed by atoms with Crippen LogP contribution in [0.3, 0.4) is 0 Å². The minimum Gasteiger partial charge on any atom is -0.355 e. The molecular weight excluding hydrogens is 358 g/mol. The fraction of sp³-hybridized carbons (Fsp3) is 0.182. The molecule has 5 heteroatoms. The fourth-order valence-electron chi connectivity index (χ4n) is 3.70. The summed E-state index contributed by atoms with van der Waals surface area (Å²) in [5.41, 5.74) is 6.57. The predicted molar refractivity (Wildman–Crippen MR) is 110 cm³/mol. The predicted octanol–water partition coefficient (Wildman–Crippen LogP) is 5.55. The van der Waals surface area contributed by atoms with E-state index in [9.17, 15) is 4.79 Å². The van der Waals surface area contributed by atoms with Crippen molar-refractivity contribution in [2.75, 3.05) is 0 Å². The van der Waals surface area contributed by atoms with E-state index >= 15 is 0 Å². The van der Waals surface area contributed by atoms with E-state index in [2.05, 4.69) is 15.6 Å². The number of aromatic nitrogens is 3. The molecular formula is C22H20ClN3O. The lowest BCUT2D eigenvalue weighted by Gasteiger charge is -2.10. The van der Waals surface area contributed by atoms with Crippen molar-refractivity contribution in [2.45, 2.75) is 27.3 Å². The van der Waals surface area contributed by atoms with Gasteiger partial charge in [0.1, 0.15) is 0 Å². The second kappa shape index (κ2) is 6.71. The van der Waals surface area contributed by atoms with Crippen LogP contribution < -0.4 is 0 Å². The zero-order valence-electron chi connectivity index (χ0n) is 15.5. The van der Waals surface area contributed by atoms with Crippen LogP contribution in [-0.4, -0.2) is 20.3 Å². The number of imidazole rings is 1. The largest absolute Gasteiger partial charge is 0.355 e. The zero-order chi connectivity index (χ0) is 19.1. The van der Waals surface area contributed by atoms with Crippen LogP contribution in [-0.2, 0) is 6.54 Å². The van der Waals surface area contributed by atoms with Gasteiger partial charge in [0.2, 0.25) is 0 Å². The van der Waals surface area contributed by atoms with Gasteiger partial charge in [0.05, 0.1) is 16.7 Å². The van der Waals surface area contributed by atoms with Crippen molar-refractivity contribution in [1.29, 1.82) is 0 Å². The van der Waals surface area contributed by atoms with E-state index in [1.54, 1.807) is 6.92 Å². The van der Waals surface area contributed by atoms with Gasteiger partial charge < -0.3 is 9.55 Å². The summed E-state index contributed by atoms with van der Waals surface area (Å²) in [4.78, 5) is 20.3. The first-order valence-electron chi connectivity index (χ1n) is 8.86. The van der Waals surface area contributed by atoms with Crippen molar-refractivity contribution in [3.8, 4) is 11.5 Å². The number of aryl methyl sites for hydroxylation is 1. The van der Waals surface area contributed by atoms with Crippen molar-refractivity contribution in [1.82, 2.24) is 14.5 Å². The molecule has 0 saturated heterocycles. The molecule has 0 fully saturated rings. The SMILES string of the molecule is CC(=O)c1c(C)[nH]c(-c2nc3ccccc3n2Cc2ccc(Cl)cc2)c1C. The van der Waals surface area contributed by atoms with E-state index < -0.39 is 0 Å². The van der Waals surface area contributed by atoms with Crippen molar-refractivity contribution in [2.24, 2.45) is 0 Å². The van der Waals surface area contributed by atoms with E-state index in [0.717, 1.165) is 50.0 Å². The summed E-state index contributed by atoms with van der Waals surface area (Å²) in [6.45, 7) is 6.17. The van der Waals surface area contributed by atoms with Crippen LogP contribution in [0.2, 0.25) is 5.02 Å². The van der Waals surface area contributed by atoms with E-state index in [-0.39, 0.29) is 5.78 Å². The topological polar surface area (TPSA) is 50.7 Å². The lowest BCUT2D eigenvalue weighted by molar-refractivity contribution is 0.101. The van der Waals surface area contributed by atoms with Crippen LogP contribution in [0, 0.1) is 13.8 Å². The normalized spacial score (nSPS) is 11.3. The molecule has 136 valence electrons. The molecule has 1 N–H and O–H groups in total. The van der Waals surface area contributed by atoms with Gasteiger partial charge in [0.15, 0.2) is 11.6 Å². The number of rotatable bonds is 4. The Bertz CT molecular complexity index is 1150. The monoisotopic (exact) mass is 377 g/mol. The molecule has 0 unspecified atom stereocenters. The van der Waals surface area contributed by atoms with Crippen LogP contribution >= 0.6 is 11.6 Å². The summed E-state index contributed by atoms with van der Waals surface area (Å²) in [6, 6.07) is 15.9. The number of para-hydroxylation sites is 2. The van der Waals surface area contributed by atoms with Crippen LogP contribution in [0.1, 0.15) is 34.1 Å². The second-order valence-corrected chi connectivity index (χ2v) is 7.25. The summed E-state index contributed by atoms with van der Waals surface area (Å²) in [6.07, 6.45) is 0. The molecule has 0 bridgehead atoms. The summed E-state index contributed by atoms with van der Waals surface area (Å²) < 4.78 is 2.18. The lowest BCUT2D eigenvalue weighted by atomic mass is 10.1. The number of fused-ring (bicyclic) bond motifs is 1. The van der Waals surface area contributed by atoms with Crippen molar-refractivity contribution >= 4 is 28.4 Å². The Balaban J connectivity index is 1.92. The standard InChI is InChI=1S/C22H20ClN3O/c1-13-20(15(3)27)14(2)24-21(13)22-25-18-6-4-5-7-19(18)26(22)12-16-8-10-17(23)11-9-16/h4-11,24H,12H2,1-3H3. The number of benzene rings is 2. The van der Waals surface area contributed by atoms with Crippen LogP contribution in [0.25, 0.3) is 22.6 Å². The van der Waals surface area contributed by atoms with E-state index in [0.29, 0.717) is 6.54 Å². The molecule has 2 aromatic heterocycles. The number of halogens is 1. The average molecular weight is 378 g/mol. The van der Waals surface area contributed by atoms with Crippen LogP contribution in [0.5, 0.6) is 0 Å². The number of hydrogen-bond acceptors (Lipinski definition) is 2. The minimum atomic E-state index is 0.0628. The van der Waals surface area contributed by atoms with E-state index in [1.807, 2.05) is 56.3 Å². The molecule has 0 aliphatic heterocycles. The second-order valence-electron chi connectivity index (χ2n) is 6.82. The zero-order valence-corrected chi connectivity index (χ0v) is 16.3. The van der Waals surface area contributed by atoms with Gasteiger partial charge in [0, 0.05) is 22.8 Å². The van der Waals surface area contributed by atoms with Gasteiger partial charge in [-0.1, -0.05) is 35.9 Å². The Kier molecular flexibility index (Phi) is 4.36. The number of hydrogen-bond donors (Lipinski definition) is 1. The summed E-state index contributed by atoms with van der Waals surface area (Å²) in [7, 11) is 0. The van der Waals surface area contributed by atoms with Crippen LogP contribution in [0.15, 0.2) is 48.5 Å². The number of ketones is 1. The maximum Gasteiger partial charge on any atom is 0.161 e. The molecule has 0 spiro atoms. The molecule has 27 heavy (non-hydrogen) atoms. The molecule has 4 aromatic rings. The van der Waals surface area contributed by atoms with Crippen molar-refractivity contribution in [3.05, 3.63) is 75.9 Å². The summed E-state index contributed by atoms with van der Waals surface area (Å²) >= 11 is 6.03. The molecule has 0 amide bonds. The highest BCUT2D eigenvalue weighted by Crippen LogP contribution is 2.31. The average Bonchev–Trinajstić information content (AvgIpc) is 3.14. The number of H-pyrrole nitrogens is 1. The maximum atomic E-state index is 12.1. The van der Waals surface area contributed by atoms with Crippen molar-refractivity contribution in [3.63, 3.8) is 0 Å². The van der Waals surface area contributed by atoms with E-state index in [4.69, 9.17) is 16.6 Å². The van der Waals surface area contributed by atoms with Gasteiger partial charge in [-0.25, -0.2) is 4.98 Å². The van der Waals surface area contributed by atoms with Gasteiger partial charge in [0.25, 0.3) is 0 Å². The smallest absolute Gasteiger partial charge is 0.161 e. The van der Waals surface area contributed by atoms with Crippen LogP contribution in [0.4, 0.5) is 0 Å². The minimum absolute atomic E-state index is 0.0628. The Labute approximate surface area is 162 Å². The quantitative estimate of drug-likeness (QED) is 0.474. The Morgan fingerprint density at radius 3 is 2.48 bits per heavy atom. The Hall–Kier alpha value is -2.85. The number of carbonyl (C=O) groups excluding carboxylic acids is 1.